The zero-order chi connectivity index (χ0) is 48.7. The van der Waals surface area contributed by atoms with Crippen LogP contribution in [0.1, 0.15) is 62.8 Å². The number of hydrogen-bond donors (Lipinski definition) is 4. The van der Waals surface area contributed by atoms with Gasteiger partial charge in [-0.15, -0.1) is 22.7 Å². The lowest BCUT2D eigenvalue weighted by molar-refractivity contribution is -0.144. The van der Waals surface area contributed by atoms with Gasteiger partial charge in [-0.1, -0.05) is 69.3 Å². The standard InChI is InChI=1S/C53H60FN5O8S2/c1-33-48(68-32-56-33)37-7-5-34(6-8-37)29-55-51(63)44-27-41(61)30-59(44)52(64)50(53(2,3)4)57-46(62)31-66-26-25-65-24-23-58-21-19-36(20-22-58)35-11-16-42(17-12-35)67-47-43-18-15-40(60)28-45(43)69-49(47)38-9-13-39(54)14-10-38/h5-18,28,32,36,41,44,50,60-61H,19-27,29-31H2,1-4H3,(H,55,63)(H,57,62)/t41-,44+,50-/m1/s1. The van der Waals surface area contributed by atoms with Crippen molar-refractivity contribution in [3.8, 4) is 38.1 Å². The molecule has 16 heteroatoms. The first-order valence-electron chi connectivity index (χ1n) is 23.4. The van der Waals surface area contributed by atoms with Crippen LogP contribution >= 0.6 is 22.7 Å². The van der Waals surface area contributed by atoms with Gasteiger partial charge >= 0.3 is 0 Å². The number of carbonyl (C=O) groups excluding carboxylic acids is 3. The Morgan fingerprint density at radius 2 is 1.59 bits per heavy atom. The number of phenols is 1. The minimum Gasteiger partial charge on any atom is -0.508 e. The summed E-state index contributed by atoms with van der Waals surface area (Å²) in [5, 5.41) is 27.3. The molecule has 0 unspecified atom stereocenters. The van der Waals surface area contributed by atoms with E-state index in [1.165, 1.54) is 33.9 Å². The monoisotopic (exact) mass is 977 g/mol. The summed E-state index contributed by atoms with van der Waals surface area (Å²) in [7, 11) is 0. The SMILES string of the molecule is Cc1ncsc1-c1ccc(CNC(=O)[C@@H]2C[C@@H](O)CN2C(=O)[C@@H](NC(=O)COCCOCCN2CCC(c3ccc(Oc4c(-c5ccc(F)cc5)sc5cc(O)ccc45)cc3)CC2)C(C)(C)C)cc1. The molecule has 0 saturated carbocycles. The Balaban J connectivity index is 0.731. The van der Waals surface area contributed by atoms with Crippen LogP contribution in [0.4, 0.5) is 4.39 Å². The molecular formula is C53H60FN5O8S2. The number of hydrogen-bond acceptors (Lipinski definition) is 12. The fourth-order valence-corrected chi connectivity index (χ4v) is 10.9. The van der Waals surface area contributed by atoms with Gasteiger partial charge < -0.3 is 44.9 Å². The van der Waals surface area contributed by atoms with Crippen molar-refractivity contribution < 1.29 is 43.2 Å². The number of fused-ring (bicyclic) bond motifs is 1. The van der Waals surface area contributed by atoms with Crippen molar-refractivity contribution in [3.63, 3.8) is 0 Å². The average molecular weight is 978 g/mol. The van der Waals surface area contributed by atoms with Gasteiger partial charge in [0.25, 0.3) is 0 Å². The quantitative estimate of drug-likeness (QED) is 0.0614. The highest BCUT2D eigenvalue weighted by Crippen LogP contribution is 2.47. The average Bonchev–Trinajstić information content (AvgIpc) is 4.06. The van der Waals surface area contributed by atoms with Crippen LogP contribution in [0.5, 0.6) is 17.2 Å². The van der Waals surface area contributed by atoms with E-state index in [4.69, 9.17) is 14.2 Å². The third-order valence-electron chi connectivity index (χ3n) is 12.8. The second-order valence-electron chi connectivity index (χ2n) is 18.8. The van der Waals surface area contributed by atoms with Crippen molar-refractivity contribution in [2.75, 3.05) is 52.6 Å². The summed E-state index contributed by atoms with van der Waals surface area (Å²) in [6, 6.07) is 25.8. The molecule has 0 radical (unpaired) electrons. The number of β-amino-alcohol motifs (C(OH)–C–C–N with tert-alkyl or cyclic N) is 1. The molecule has 69 heavy (non-hydrogen) atoms. The summed E-state index contributed by atoms with van der Waals surface area (Å²) < 4.78 is 32.6. The normalized spacial score (nSPS) is 17.3. The number of aliphatic hydroxyl groups is 1. The molecule has 0 bridgehead atoms. The largest absolute Gasteiger partial charge is 0.508 e. The fraction of sp³-hybridized carbons (Fsp3) is 0.396. The number of aryl methyl sites for hydroxylation is 1. The number of nitrogens with one attached hydrogen (secondary N) is 2. The topological polar surface area (TPSA) is 163 Å². The van der Waals surface area contributed by atoms with E-state index in [0.717, 1.165) is 74.7 Å². The fourth-order valence-electron chi connectivity index (χ4n) is 8.93. The molecule has 2 aliphatic rings. The van der Waals surface area contributed by atoms with Crippen molar-refractivity contribution in [2.45, 2.75) is 77.6 Å². The summed E-state index contributed by atoms with van der Waals surface area (Å²) >= 11 is 3.07. The molecule has 2 fully saturated rings. The van der Waals surface area contributed by atoms with Crippen molar-refractivity contribution in [1.82, 2.24) is 25.4 Å². The maximum Gasteiger partial charge on any atom is 0.246 e. The van der Waals surface area contributed by atoms with Crippen LogP contribution in [-0.4, -0.2) is 114 Å². The van der Waals surface area contributed by atoms with Crippen LogP contribution in [0.25, 0.3) is 31.0 Å². The highest BCUT2D eigenvalue weighted by molar-refractivity contribution is 7.22. The molecule has 4 heterocycles. The van der Waals surface area contributed by atoms with Crippen molar-refractivity contribution in [3.05, 3.63) is 119 Å². The number of thiazole rings is 1. The van der Waals surface area contributed by atoms with Gasteiger partial charge in [-0.05, 0) is 109 Å². The van der Waals surface area contributed by atoms with Gasteiger partial charge in [0, 0.05) is 36.1 Å². The van der Waals surface area contributed by atoms with E-state index in [9.17, 15) is 29.0 Å². The van der Waals surface area contributed by atoms with Gasteiger partial charge in [-0.3, -0.25) is 14.4 Å². The molecule has 8 rings (SSSR count). The van der Waals surface area contributed by atoms with Crippen LogP contribution in [0, 0.1) is 18.2 Å². The lowest BCUT2D eigenvalue weighted by Crippen LogP contribution is -2.58. The number of aromatic nitrogens is 1. The highest BCUT2D eigenvalue weighted by Gasteiger charge is 2.44. The number of benzene rings is 4. The molecular weight excluding hydrogens is 918 g/mol. The Morgan fingerprint density at radius 1 is 0.899 bits per heavy atom. The Kier molecular flexibility index (Phi) is 16.1. The summed E-state index contributed by atoms with van der Waals surface area (Å²) in [6.45, 7) is 11.2. The number of piperidine rings is 1. The molecule has 3 atom stereocenters. The molecule has 0 spiro atoms. The number of carbonyl (C=O) groups is 3. The number of aromatic hydroxyl groups is 1. The Bertz CT molecular complexity index is 2700. The van der Waals surface area contributed by atoms with Crippen LogP contribution in [0.15, 0.2) is 96.5 Å². The minimum atomic E-state index is -0.954. The Labute approximate surface area is 410 Å². The highest BCUT2D eigenvalue weighted by atomic mass is 32.1. The van der Waals surface area contributed by atoms with E-state index in [-0.39, 0.29) is 50.2 Å². The van der Waals surface area contributed by atoms with Crippen molar-refractivity contribution in [2.24, 2.45) is 5.41 Å². The third-order valence-corrected chi connectivity index (χ3v) is 14.9. The van der Waals surface area contributed by atoms with Crippen molar-refractivity contribution >= 4 is 50.5 Å². The van der Waals surface area contributed by atoms with E-state index in [1.807, 2.05) is 75.7 Å². The van der Waals surface area contributed by atoms with Gasteiger partial charge in [0.1, 0.15) is 36.0 Å². The van der Waals surface area contributed by atoms with Gasteiger partial charge in [-0.2, -0.15) is 0 Å². The third kappa shape index (κ3) is 12.5. The lowest BCUT2D eigenvalue weighted by Gasteiger charge is -2.35. The number of phenolic OH excluding ortho intramolecular Hbond substituents is 1. The van der Waals surface area contributed by atoms with Gasteiger partial charge in [0.2, 0.25) is 17.7 Å². The Hall–Kier alpha value is -5.75. The molecule has 2 aliphatic heterocycles. The van der Waals surface area contributed by atoms with Crippen LogP contribution in [0.3, 0.4) is 0 Å². The van der Waals surface area contributed by atoms with Gasteiger partial charge in [0.05, 0.1) is 46.9 Å². The van der Waals surface area contributed by atoms with Crippen LogP contribution in [-0.2, 0) is 30.4 Å². The first-order valence-corrected chi connectivity index (χ1v) is 25.1. The summed E-state index contributed by atoms with van der Waals surface area (Å²) in [4.78, 5) is 50.6. The molecule has 13 nitrogen and oxygen atoms in total. The second-order valence-corrected chi connectivity index (χ2v) is 20.8. The zero-order valence-electron chi connectivity index (χ0n) is 39.4. The number of likely N-dealkylation sites (tertiary alicyclic amines) is 2. The molecule has 2 saturated heterocycles. The van der Waals surface area contributed by atoms with E-state index in [1.54, 1.807) is 35.6 Å². The van der Waals surface area contributed by atoms with E-state index in [0.29, 0.717) is 30.6 Å². The smallest absolute Gasteiger partial charge is 0.246 e. The number of amides is 3. The van der Waals surface area contributed by atoms with Gasteiger partial charge in [0.15, 0.2) is 5.75 Å². The van der Waals surface area contributed by atoms with Crippen LogP contribution in [0.2, 0.25) is 0 Å². The number of thiophene rings is 1. The number of halogens is 1. The second kappa shape index (κ2) is 22.3. The maximum absolute atomic E-state index is 14.0. The molecule has 4 aromatic carbocycles. The van der Waals surface area contributed by atoms with E-state index < -0.39 is 35.4 Å². The Morgan fingerprint density at radius 3 is 2.29 bits per heavy atom. The molecule has 0 aliphatic carbocycles. The molecule has 3 amide bonds. The number of nitrogens with zero attached hydrogens (tertiary/aromatic N) is 3. The van der Waals surface area contributed by atoms with E-state index in [2.05, 4.69) is 32.7 Å². The summed E-state index contributed by atoms with van der Waals surface area (Å²) in [5.74, 6) is 0.412. The van der Waals surface area contributed by atoms with Crippen molar-refractivity contribution in [1.29, 1.82) is 0 Å². The predicted molar refractivity (Wildman–Crippen MR) is 267 cm³/mol. The van der Waals surface area contributed by atoms with E-state index >= 15 is 0 Å². The predicted octanol–water partition coefficient (Wildman–Crippen LogP) is 8.66. The number of aliphatic hydroxyl groups excluding tert-OH is 1. The molecule has 4 N–H and O–H groups in total. The van der Waals surface area contributed by atoms with Crippen LogP contribution < -0.4 is 15.4 Å². The summed E-state index contributed by atoms with van der Waals surface area (Å²) in [6.07, 6.45) is 1.26. The molecule has 364 valence electrons. The number of ether oxygens (including phenoxy) is 3. The first kappa shape index (κ1) is 49.7. The first-order chi connectivity index (χ1) is 33.2. The molecule has 6 aromatic rings. The van der Waals surface area contributed by atoms with Gasteiger partial charge in [-0.25, -0.2) is 9.37 Å². The number of rotatable bonds is 18. The molecule has 2 aromatic heterocycles. The maximum atomic E-state index is 14.0. The summed E-state index contributed by atoms with van der Waals surface area (Å²) in [5.41, 5.74) is 6.14. The zero-order valence-corrected chi connectivity index (χ0v) is 41.0. The minimum absolute atomic E-state index is 0.00935. The lowest BCUT2D eigenvalue weighted by atomic mass is 9.85.